The molecule has 0 radical (unpaired) electrons. The van der Waals surface area contributed by atoms with Gasteiger partial charge in [0.15, 0.2) is 0 Å². The summed E-state index contributed by atoms with van der Waals surface area (Å²) in [6, 6.07) is 7.54. The molecule has 4 nitrogen and oxygen atoms in total. The van der Waals surface area contributed by atoms with E-state index in [1.165, 1.54) is 0 Å². The van der Waals surface area contributed by atoms with Crippen molar-refractivity contribution in [2.75, 3.05) is 26.2 Å². The maximum absolute atomic E-state index is 12.6. The second-order valence-electron chi connectivity index (χ2n) is 6.31. The predicted octanol–water partition coefficient (Wildman–Crippen LogP) is 2.65. The minimum Gasteiger partial charge on any atom is -0.351 e. The zero-order valence-corrected chi connectivity index (χ0v) is 12.5. The Kier molecular flexibility index (Phi) is 2.98. The van der Waals surface area contributed by atoms with Crippen LogP contribution in [0.3, 0.4) is 0 Å². The van der Waals surface area contributed by atoms with Crippen LogP contribution < -0.4 is 5.32 Å². The molecule has 0 bridgehead atoms. The Bertz CT molecular complexity index is 695. The third kappa shape index (κ3) is 2.23. The van der Waals surface area contributed by atoms with E-state index >= 15 is 0 Å². The van der Waals surface area contributed by atoms with Crippen LogP contribution in [0.2, 0.25) is 5.02 Å². The van der Waals surface area contributed by atoms with Crippen LogP contribution in [-0.4, -0.2) is 42.0 Å². The number of aromatic amines is 1. The van der Waals surface area contributed by atoms with E-state index in [1.807, 2.05) is 29.2 Å². The van der Waals surface area contributed by atoms with Gasteiger partial charge in [-0.05, 0) is 42.5 Å². The lowest BCUT2D eigenvalue weighted by atomic mass is 9.73. The zero-order chi connectivity index (χ0) is 14.4. The van der Waals surface area contributed by atoms with Crippen LogP contribution in [0.15, 0.2) is 24.3 Å². The van der Waals surface area contributed by atoms with Crippen molar-refractivity contribution >= 4 is 28.4 Å². The minimum absolute atomic E-state index is 0.101. The van der Waals surface area contributed by atoms with Gasteiger partial charge in [-0.1, -0.05) is 11.6 Å². The SMILES string of the molecule is O=C(c1cc2cc(Cl)ccc2[nH]1)N1CCC2(CC1)CNC2. The molecule has 0 aliphatic carbocycles. The van der Waals surface area contributed by atoms with E-state index in [0.29, 0.717) is 16.1 Å². The van der Waals surface area contributed by atoms with Crippen molar-refractivity contribution in [2.24, 2.45) is 5.41 Å². The molecule has 2 aliphatic heterocycles. The van der Waals surface area contributed by atoms with Gasteiger partial charge in [-0.3, -0.25) is 4.79 Å². The summed E-state index contributed by atoms with van der Waals surface area (Å²) in [4.78, 5) is 17.8. The third-order valence-corrected chi connectivity index (χ3v) is 5.16. The monoisotopic (exact) mass is 303 g/mol. The maximum Gasteiger partial charge on any atom is 0.270 e. The van der Waals surface area contributed by atoms with Gasteiger partial charge >= 0.3 is 0 Å². The van der Waals surface area contributed by atoms with Gasteiger partial charge in [0.05, 0.1) is 0 Å². The lowest BCUT2D eigenvalue weighted by Crippen LogP contribution is -2.58. The Morgan fingerprint density at radius 2 is 1.95 bits per heavy atom. The summed E-state index contributed by atoms with van der Waals surface area (Å²) in [5, 5.41) is 5.03. The van der Waals surface area contributed by atoms with Crippen molar-refractivity contribution in [1.29, 1.82) is 0 Å². The van der Waals surface area contributed by atoms with Crippen molar-refractivity contribution < 1.29 is 4.79 Å². The number of rotatable bonds is 1. The second kappa shape index (κ2) is 4.75. The van der Waals surface area contributed by atoms with Crippen LogP contribution >= 0.6 is 11.6 Å². The molecule has 5 heteroatoms. The smallest absolute Gasteiger partial charge is 0.270 e. The molecule has 0 saturated carbocycles. The molecule has 1 amide bonds. The average molecular weight is 304 g/mol. The number of aromatic nitrogens is 1. The first-order valence-corrected chi connectivity index (χ1v) is 7.81. The number of hydrogen-bond acceptors (Lipinski definition) is 2. The quantitative estimate of drug-likeness (QED) is 0.851. The van der Waals surface area contributed by atoms with Crippen molar-refractivity contribution in [2.45, 2.75) is 12.8 Å². The average Bonchev–Trinajstić information content (AvgIpc) is 2.88. The summed E-state index contributed by atoms with van der Waals surface area (Å²) in [5.74, 6) is 0.101. The first-order chi connectivity index (χ1) is 10.2. The molecular weight excluding hydrogens is 286 g/mol. The van der Waals surface area contributed by atoms with Crippen LogP contribution in [0.5, 0.6) is 0 Å². The normalized spacial score (nSPS) is 20.7. The molecule has 0 atom stereocenters. The van der Waals surface area contributed by atoms with E-state index in [4.69, 9.17) is 11.6 Å². The van der Waals surface area contributed by atoms with Gasteiger partial charge in [0.25, 0.3) is 5.91 Å². The number of halogens is 1. The van der Waals surface area contributed by atoms with E-state index in [-0.39, 0.29) is 5.91 Å². The Morgan fingerprint density at radius 1 is 1.19 bits per heavy atom. The number of amides is 1. The minimum atomic E-state index is 0.101. The van der Waals surface area contributed by atoms with Crippen LogP contribution in [0.1, 0.15) is 23.3 Å². The molecule has 1 aromatic heterocycles. The fraction of sp³-hybridized carbons (Fsp3) is 0.438. The van der Waals surface area contributed by atoms with Gasteiger partial charge in [-0.2, -0.15) is 0 Å². The number of hydrogen-bond donors (Lipinski definition) is 2. The highest BCUT2D eigenvalue weighted by Gasteiger charge is 2.40. The highest BCUT2D eigenvalue weighted by molar-refractivity contribution is 6.31. The number of benzene rings is 1. The lowest BCUT2D eigenvalue weighted by Gasteiger charge is -2.48. The molecule has 2 N–H and O–H groups in total. The molecule has 1 spiro atoms. The van der Waals surface area contributed by atoms with Gasteiger partial charge in [0.1, 0.15) is 5.69 Å². The summed E-state index contributed by atoms with van der Waals surface area (Å²) >= 11 is 5.99. The number of fused-ring (bicyclic) bond motifs is 1. The van der Waals surface area contributed by atoms with E-state index in [2.05, 4.69) is 10.3 Å². The Hall–Kier alpha value is -1.52. The van der Waals surface area contributed by atoms with Crippen LogP contribution in [-0.2, 0) is 0 Å². The molecule has 21 heavy (non-hydrogen) atoms. The van der Waals surface area contributed by atoms with Gasteiger partial charge in [-0.15, -0.1) is 0 Å². The Labute approximate surface area is 128 Å². The Morgan fingerprint density at radius 3 is 2.62 bits per heavy atom. The van der Waals surface area contributed by atoms with Gasteiger partial charge in [0.2, 0.25) is 0 Å². The summed E-state index contributed by atoms with van der Waals surface area (Å²) in [5.41, 5.74) is 2.08. The highest BCUT2D eigenvalue weighted by Crippen LogP contribution is 2.35. The number of likely N-dealkylation sites (tertiary alicyclic amines) is 1. The lowest BCUT2D eigenvalue weighted by molar-refractivity contribution is 0.0411. The summed E-state index contributed by atoms with van der Waals surface area (Å²) < 4.78 is 0. The van der Waals surface area contributed by atoms with E-state index in [9.17, 15) is 4.79 Å². The molecule has 4 rings (SSSR count). The molecule has 1 aromatic carbocycles. The summed E-state index contributed by atoms with van der Waals surface area (Å²) in [6.45, 7) is 3.94. The topological polar surface area (TPSA) is 48.1 Å². The molecule has 2 aromatic rings. The van der Waals surface area contributed by atoms with E-state index in [0.717, 1.165) is 49.9 Å². The molecule has 2 saturated heterocycles. The Balaban J connectivity index is 1.53. The van der Waals surface area contributed by atoms with Gasteiger partial charge in [-0.25, -0.2) is 0 Å². The zero-order valence-electron chi connectivity index (χ0n) is 11.8. The number of carbonyl (C=O) groups excluding carboxylic acids is 1. The maximum atomic E-state index is 12.6. The fourth-order valence-electron chi connectivity index (χ4n) is 3.41. The number of nitrogens with zero attached hydrogens (tertiary/aromatic N) is 1. The largest absolute Gasteiger partial charge is 0.351 e. The molecule has 3 heterocycles. The molecule has 2 fully saturated rings. The molecular formula is C16H18ClN3O. The summed E-state index contributed by atoms with van der Waals surface area (Å²) in [7, 11) is 0. The van der Waals surface area contributed by atoms with Crippen LogP contribution in [0.4, 0.5) is 0 Å². The van der Waals surface area contributed by atoms with Crippen molar-refractivity contribution in [3.8, 4) is 0 Å². The first-order valence-electron chi connectivity index (χ1n) is 7.44. The third-order valence-electron chi connectivity index (χ3n) is 4.92. The molecule has 110 valence electrons. The van der Waals surface area contributed by atoms with Crippen LogP contribution in [0, 0.1) is 5.41 Å². The predicted molar refractivity (Wildman–Crippen MR) is 83.7 cm³/mol. The van der Waals surface area contributed by atoms with Gasteiger partial charge in [0, 0.05) is 42.1 Å². The van der Waals surface area contributed by atoms with Gasteiger partial charge < -0.3 is 15.2 Å². The molecule has 0 unspecified atom stereocenters. The highest BCUT2D eigenvalue weighted by atomic mass is 35.5. The van der Waals surface area contributed by atoms with Crippen LogP contribution in [0.25, 0.3) is 10.9 Å². The van der Waals surface area contributed by atoms with Crippen molar-refractivity contribution in [3.05, 3.63) is 35.0 Å². The van der Waals surface area contributed by atoms with Crippen molar-refractivity contribution in [1.82, 2.24) is 15.2 Å². The van der Waals surface area contributed by atoms with Crippen molar-refractivity contribution in [3.63, 3.8) is 0 Å². The van der Waals surface area contributed by atoms with E-state index < -0.39 is 0 Å². The first kappa shape index (κ1) is 13.2. The van der Waals surface area contributed by atoms with E-state index in [1.54, 1.807) is 0 Å². The second-order valence-corrected chi connectivity index (χ2v) is 6.75. The number of nitrogens with one attached hydrogen (secondary N) is 2. The number of piperidine rings is 1. The fourth-order valence-corrected chi connectivity index (χ4v) is 3.59. The molecule has 2 aliphatic rings. The summed E-state index contributed by atoms with van der Waals surface area (Å²) in [6.07, 6.45) is 2.22. The standard InChI is InChI=1S/C16H18ClN3O/c17-12-1-2-13-11(7-12)8-14(19-13)15(21)20-5-3-16(4-6-20)9-18-10-16/h1-2,7-8,18-19H,3-6,9-10H2. The number of carbonyl (C=O) groups is 1. The number of H-pyrrole nitrogens is 1.